The summed E-state index contributed by atoms with van der Waals surface area (Å²) >= 11 is 0. The highest BCUT2D eigenvalue weighted by Gasteiger charge is 2.37. The topological polar surface area (TPSA) is 88.1 Å². The fourth-order valence-electron chi connectivity index (χ4n) is 3.89. The van der Waals surface area contributed by atoms with Gasteiger partial charge in [0.1, 0.15) is 6.54 Å². The second-order valence-electron chi connectivity index (χ2n) is 7.31. The average Bonchev–Trinajstić information content (AvgIpc) is 3.17. The Labute approximate surface area is 174 Å². The number of fused-ring (bicyclic) bond motifs is 2. The van der Waals surface area contributed by atoms with Crippen LogP contribution in [-0.4, -0.2) is 36.6 Å². The lowest BCUT2D eigenvalue weighted by atomic mass is 10.1. The van der Waals surface area contributed by atoms with Crippen LogP contribution in [0.1, 0.15) is 36.5 Å². The second kappa shape index (κ2) is 8.49. The Balaban J connectivity index is 1.50. The van der Waals surface area contributed by atoms with Crippen molar-refractivity contribution in [1.29, 1.82) is 0 Å². The molecule has 1 aliphatic carbocycles. The van der Waals surface area contributed by atoms with Gasteiger partial charge in [-0.15, -0.1) is 0 Å². The first-order valence-electron chi connectivity index (χ1n) is 10.1. The zero-order valence-electron chi connectivity index (χ0n) is 16.8. The lowest BCUT2D eigenvalue weighted by Gasteiger charge is -2.24. The molecule has 2 aliphatic rings. The molecule has 1 aliphatic heterocycles. The van der Waals surface area contributed by atoms with E-state index >= 15 is 0 Å². The Morgan fingerprint density at radius 2 is 1.93 bits per heavy atom. The van der Waals surface area contributed by atoms with Gasteiger partial charge in [0, 0.05) is 11.4 Å². The van der Waals surface area contributed by atoms with Crippen molar-refractivity contribution < 1.29 is 19.1 Å². The molecule has 0 aromatic heterocycles. The maximum Gasteiger partial charge on any atom is 0.338 e. The van der Waals surface area contributed by atoms with Gasteiger partial charge in [-0.05, 0) is 62.6 Å². The Kier molecular flexibility index (Phi) is 5.61. The van der Waals surface area contributed by atoms with Gasteiger partial charge in [-0.1, -0.05) is 12.1 Å². The van der Waals surface area contributed by atoms with Crippen molar-refractivity contribution in [3.63, 3.8) is 0 Å². The molecule has 0 radical (unpaired) electrons. The number of carbonyl (C=O) groups excluding carboxylic acids is 3. The van der Waals surface area contributed by atoms with E-state index in [-0.39, 0.29) is 24.3 Å². The van der Waals surface area contributed by atoms with Crippen LogP contribution in [0.2, 0.25) is 0 Å². The molecular formula is C23H23N3O4. The Hall–Kier alpha value is -3.48. The maximum atomic E-state index is 13.2. The lowest BCUT2D eigenvalue weighted by molar-refractivity contribution is -0.122. The molecule has 7 heteroatoms. The SMILES string of the molecule is CCOC(=O)c1ccc(NC(=O)CN2C(=O)[C@H]3CCCC3=Nc3ccccc32)cc1. The summed E-state index contributed by atoms with van der Waals surface area (Å²) in [6.45, 7) is 1.94. The normalized spacial score (nSPS) is 17.5. The van der Waals surface area contributed by atoms with Crippen molar-refractivity contribution in [2.45, 2.75) is 26.2 Å². The minimum atomic E-state index is -0.408. The van der Waals surface area contributed by atoms with Crippen LogP contribution in [0.25, 0.3) is 0 Å². The Bertz CT molecular complexity index is 1010. The van der Waals surface area contributed by atoms with Gasteiger partial charge in [-0.2, -0.15) is 0 Å². The molecule has 2 aromatic carbocycles. The molecular weight excluding hydrogens is 382 g/mol. The smallest absolute Gasteiger partial charge is 0.338 e. The molecule has 2 aromatic rings. The third-order valence-electron chi connectivity index (χ3n) is 5.31. The first kappa shape index (κ1) is 19.8. The van der Waals surface area contributed by atoms with Crippen LogP contribution in [-0.2, 0) is 14.3 Å². The molecule has 4 rings (SSSR count). The molecule has 1 saturated carbocycles. The van der Waals surface area contributed by atoms with Gasteiger partial charge in [0.2, 0.25) is 11.8 Å². The molecule has 1 N–H and O–H groups in total. The minimum absolute atomic E-state index is 0.0796. The summed E-state index contributed by atoms with van der Waals surface area (Å²) in [5.41, 5.74) is 3.23. The fraction of sp³-hybridized carbons (Fsp3) is 0.304. The van der Waals surface area contributed by atoms with E-state index in [1.165, 1.54) is 4.90 Å². The molecule has 1 fully saturated rings. The molecule has 0 saturated heterocycles. The van der Waals surface area contributed by atoms with E-state index in [1.807, 2.05) is 24.3 Å². The summed E-state index contributed by atoms with van der Waals surface area (Å²) in [4.78, 5) is 43.9. The van der Waals surface area contributed by atoms with E-state index < -0.39 is 5.97 Å². The van der Waals surface area contributed by atoms with Gasteiger partial charge in [0.15, 0.2) is 0 Å². The van der Waals surface area contributed by atoms with E-state index in [0.29, 0.717) is 23.5 Å². The number of aliphatic imine (C=N–C) groups is 1. The van der Waals surface area contributed by atoms with E-state index in [0.717, 1.165) is 30.7 Å². The summed E-state index contributed by atoms with van der Waals surface area (Å²) in [6, 6.07) is 13.9. The van der Waals surface area contributed by atoms with Crippen LogP contribution >= 0.6 is 0 Å². The lowest BCUT2D eigenvalue weighted by Crippen LogP contribution is -2.41. The van der Waals surface area contributed by atoms with Crippen molar-refractivity contribution in [2.24, 2.45) is 10.9 Å². The maximum absolute atomic E-state index is 13.2. The summed E-state index contributed by atoms with van der Waals surface area (Å²) in [6.07, 6.45) is 2.51. The van der Waals surface area contributed by atoms with E-state index in [9.17, 15) is 14.4 Å². The van der Waals surface area contributed by atoms with Crippen LogP contribution in [0, 0.1) is 5.92 Å². The summed E-state index contributed by atoms with van der Waals surface area (Å²) in [5, 5.41) is 2.80. The predicted octanol–water partition coefficient (Wildman–Crippen LogP) is 3.72. The monoisotopic (exact) mass is 405 g/mol. The summed E-state index contributed by atoms with van der Waals surface area (Å²) in [5.74, 6) is -1.06. The van der Waals surface area contributed by atoms with Gasteiger partial charge in [0.05, 0.1) is 29.5 Å². The number of esters is 1. The summed E-state index contributed by atoms with van der Waals surface area (Å²) in [7, 11) is 0. The van der Waals surface area contributed by atoms with E-state index in [4.69, 9.17) is 9.73 Å². The number of ether oxygens (including phenoxy) is 1. The molecule has 30 heavy (non-hydrogen) atoms. The van der Waals surface area contributed by atoms with Crippen LogP contribution in [0.5, 0.6) is 0 Å². The van der Waals surface area contributed by atoms with Gasteiger partial charge < -0.3 is 15.0 Å². The fourth-order valence-corrected chi connectivity index (χ4v) is 3.89. The van der Waals surface area contributed by atoms with Crippen molar-refractivity contribution in [2.75, 3.05) is 23.4 Å². The molecule has 0 spiro atoms. The molecule has 154 valence electrons. The highest BCUT2D eigenvalue weighted by Crippen LogP contribution is 2.37. The van der Waals surface area contributed by atoms with Crippen molar-refractivity contribution in [3.05, 3.63) is 54.1 Å². The number of carbonyl (C=O) groups is 3. The number of rotatable bonds is 5. The number of hydrogen-bond donors (Lipinski definition) is 1. The quantitative estimate of drug-likeness (QED) is 0.768. The van der Waals surface area contributed by atoms with Gasteiger partial charge in [0.25, 0.3) is 0 Å². The zero-order valence-corrected chi connectivity index (χ0v) is 16.8. The number of para-hydroxylation sites is 2. The molecule has 7 nitrogen and oxygen atoms in total. The number of hydrogen-bond acceptors (Lipinski definition) is 5. The minimum Gasteiger partial charge on any atom is -0.462 e. The predicted molar refractivity (Wildman–Crippen MR) is 114 cm³/mol. The third-order valence-corrected chi connectivity index (χ3v) is 5.31. The molecule has 2 amide bonds. The van der Waals surface area contributed by atoms with Crippen molar-refractivity contribution >= 4 is 40.6 Å². The number of nitrogens with zero attached hydrogens (tertiary/aromatic N) is 2. The number of amides is 2. The van der Waals surface area contributed by atoms with Gasteiger partial charge in [-0.3, -0.25) is 14.6 Å². The third kappa shape index (κ3) is 3.96. The van der Waals surface area contributed by atoms with Gasteiger partial charge in [-0.25, -0.2) is 4.79 Å². The average molecular weight is 405 g/mol. The van der Waals surface area contributed by atoms with Crippen molar-refractivity contribution in [3.8, 4) is 0 Å². The molecule has 0 bridgehead atoms. The van der Waals surface area contributed by atoms with Crippen molar-refractivity contribution in [1.82, 2.24) is 0 Å². The zero-order chi connectivity index (χ0) is 21.1. The number of benzene rings is 2. The van der Waals surface area contributed by atoms with Crippen LogP contribution in [0.3, 0.4) is 0 Å². The second-order valence-corrected chi connectivity index (χ2v) is 7.31. The van der Waals surface area contributed by atoms with Gasteiger partial charge >= 0.3 is 5.97 Å². The number of nitrogens with one attached hydrogen (secondary N) is 1. The largest absolute Gasteiger partial charge is 0.462 e. The first-order valence-corrected chi connectivity index (χ1v) is 10.1. The first-order chi connectivity index (χ1) is 14.6. The Morgan fingerprint density at radius 3 is 2.70 bits per heavy atom. The molecule has 1 atom stereocenters. The summed E-state index contributed by atoms with van der Waals surface area (Å²) < 4.78 is 4.96. The number of anilines is 2. The van der Waals surface area contributed by atoms with Crippen LogP contribution in [0.4, 0.5) is 17.1 Å². The van der Waals surface area contributed by atoms with E-state index in [2.05, 4.69) is 5.32 Å². The van der Waals surface area contributed by atoms with Crippen LogP contribution < -0.4 is 10.2 Å². The molecule has 1 heterocycles. The Morgan fingerprint density at radius 1 is 1.17 bits per heavy atom. The highest BCUT2D eigenvalue weighted by molar-refractivity contribution is 6.16. The highest BCUT2D eigenvalue weighted by atomic mass is 16.5. The van der Waals surface area contributed by atoms with E-state index in [1.54, 1.807) is 31.2 Å². The standard InChI is InChI=1S/C23H23N3O4/c1-2-30-23(29)15-10-12-16(13-11-15)24-21(27)14-26-20-9-4-3-7-19(20)25-18-8-5-6-17(18)22(26)28/h3-4,7,9-13,17H,2,5-6,8,14H2,1H3,(H,24,27)/t17-/m0/s1. The molecule has 0 unspecified atom stereocenters. The van der Waals surface area contributed by atoms with Crippen LogP contribution in [0.15, 0.2) is 53.5 Å².